The van der Waals surface area contributed by atoms with Crippen LogP contribution in [0.1, 0.15) is 32.2 Å². The number of hydrogen-bond acceptors (Lipinski definition) is 4. The van der Waals surface area contributed by atoms with Gasteiger partial charge in [-0.25, -0.2) is 9.97 Å². The van der Waals surface area contributed by atoms with Crippen molar-refractivity contribution in [3.8, 4) is 11.4 Å². The van der Waals surface area contributed by atoms with E-state index in [2.05, 4.69) is 58.8 Å². The normalized spacial score (nSPS) is 10.8. The standard InChI is InChI=1S/C14H20IN5/c1-5-10-9(8-20(4)19-10)13-17-11(6-2)12(15)14(18-13)16-7-3/h8H,5-7H2,1-4H3,(H,16,17,18). The average Bonchev–Trinajstić information content (AvgIpc) is 2.82. The van der Waals surface area contributed by atoms with Gasteiger partial charge >= 0.3 is 0 Å². The fraction of sp³-hybridized carbons (Fsp3) is 0.500. The van der Waals surface area contributed by atoms with Crippen molar-refractivity contribution in [1.82, 2.24) is 19.7 Å². The largest absolute Gasteiger partial charge is 0.369 e. The van der Waals surface area contributed by atoms with Crippen LogP contribution in [-0.2, 0) is 19.9 Å². The van der Waals surface area contributed by atoms with Crippen molar-refractivity contribution >= 4 is 28.4 Å². The van der Waals surface area contributed by atoms with Gasteiger partial charge in [-0.3, -0.25) is 4.68 Å². The lowest BCUT2D eigenvalue weighted by molar-refractivity contribution is 0.746. The van der Waals surface area contributed by atoms with Crippen LogP contribution in [0, 0.1) is 3.57 Å². The van der Waals surface area contributed by atoms with Gasteiger partial charge in [0.15, 0.2) is 5.82 Å². The SMILES string of the molecule is CCNc1nc(-c2cn(C)nc2CC)nc(CC)c1I. The monoisotopic (exact) mass is 385 g/mol. The van der Waals surface area contributed by atoms with E-state index in [0.29, 0.717) is 0 Å². The Labute approximate surface area is 133 Å². The van der Waals surface area contributed by atoms with Crippen molar-refractivity contribution in [1.29, 1.82) is 0 Å². The lowest BCUT2D eigenvalue weighted by Crippen LogP contribution is -2.08. The Kier molecular flexibility index (Phi) is 4.95. The minimum atomic E-state index is 0.767. The third-order valence-electron chi connectivity index (χ3n) is 3.08. The molecule has 0 aliphatic carbocycles. The van der Waals surface area contributed by atoms with E-state index in [-0.39, 0.29) is 0 Å². The van der Waals surface area contributed by atoms with Gasteiger partial charge in [0.05, 0.1) is 20.5 Å². The lowest BCUT2D eigenvalue weighted by atomic mass is 10.2. The molecular weight excluding hydrogens is 365 g/mol. The zero-order chi connectivity index (χ0) is 14.7. The summed E-state index contributed by atoms with van der Waals surface area (Å²) >= 11 is 2.32. The zero-order valence-corrected chi connectivity index (χ0v) is 14.5. The summed E-state index contributed by atoms with van der Waals surface area (Å²) in [5.74, 6) is 1.68. The molecule has 0 fully saturated rings. The first kappa shape index (κ1) is 15.2. The molecule has 0 unspecified atom stereocenters. The summed E-state index contributed by atoms with van der Waals surface area (Å²) in [4.78, 5) is 9.39. The number of nitrogens with zero attached hydrogens (tertiary/aromatic N) is 4. The first-order valence-corrected chi connectivity index (χ1v) is 8.01. The summed E-state index contributed by atoms with van der Waals surface area (Å²) in [5, 5.41) is 7.79. The van der Waals surface area contributed by atoms with Gasteiger partial charge in [0.1, 0.15) is 5.82 Å². The maximum atomic E-state index is 4.71. The first-order chi connectivity index (χ1) is 9.60. The van der Waals surface area contributed by atoms with Crippen LogP contribution in [0.3, 0.4) is 0 Å². The number of halogens is 1. The summed E-state index contributed by atoms with van der Waals surface area (Å²) in [6, 6.07) is 0. The van der Waals surface area contributed by atoms with E-state index in [1.165, 1.54) is 0 Å². The Morgan fingerprint density at radius 1 is 1.15 bits per heavy atom. The van der Waals surface area contributed by atoms with Crippen LogP contribution in [0.2, 0.25) is 0 Å². The Morgan fingerprint density at radius 3 is 2.45 bits per heavy atom. The van der Waals surface area contributed by atoms with E-state index >= 15 is 0 Å². The van der Waals surface area contributed by atoms with Crippen molar-refractivity contribution < 1.29 is 0 Å². The van der Waals surface area contributed by atoms with E-state index < -0.39 is 0 Å². The van der Waals surface area contributed by atoms with Crippen molar-refractivity contribution in [3.05, 3.63) is 21.2 Å². The summed E-state index contributed by atoms with van der Waals surface area (Å²) in [7, 11) is 1.93. The van der Waals surface area contributed by atoms with Crippen LogP contribution >= 0.6 is 22.6 Å². The maximum absolute atomic E-state index is 4.71. The Morgan fingerprint density at radius 2 is 1.85 bits per heavy atom. The molecule has 0 aliphatic rings. The minimum Gasteiger partial charge on any atom is -0.369 e. The van der Waals surface area contributed by atoms with Crippen LogP contribution in [-0.4, -0.2) is 26.3 Å². The fourth-order valence-corrected chi connectivity index (χ4v) is 2.93. The van der Waals surface area contributed by atoms with Crippen LogP contribution in [0.5, 0.6) is 0 Å². The smallest absolute Gasteiger partial charge is 0.165 e. The molecule has 2 aromatic rings. The second-order valence-electron chi connectivity index (χ2n) is 4.56. The summed E-state index contributed by atoms with van der Waals surface area (Å²) in [6.07, 6.45) is 3.77. The van der Waals surface area contributed by atoms with Crippen LogP contribution in [0.15, 0.2) is 6.20 Å². The quantitative estimate of drug-likeness (QED) is 0.804. The highest BCUT2D eigenvalue weighted by Crippen LogP contribution is 2.26. The molecule has 0 saturated carbocycles. The number of anilines is 1. The van der Waals surface area contributed by atoms with E-state index in [9.17, 15) is 0 Å². The summed E-state index contributed by atoms with van der Waals surface area (Å²) in [6.45, 7) is 7.15. The van der Waals surface area contributed by atoms with Crippen molar-refractivity contribution in [2.75, 3.05) is 11.9 Å². The van der Waals surface area contributed by atoms with Crippen molar-refractivity contribution in [3.63, 3.8) is 0 Å². The van der Waals surface area contributed by atoms with Gasteiger partial charge < -0.3 is 5.32 Å². The van der Waals surface area contributed by atoms with E-state index in [4.69, 9.17) is 4.98 Å². The highest BCUT2D eigenvalue weighted by Gasteiger charge is 2.16. The van der Waals surface area contributed by atoms with Gasteiger partial charge in [-0.2, -0.15) is 5.10 Å². The zero-order valence-electron chi connectivity index (χ0n) is 12.4. The van der Waals surface area contributed by atoms with Gasteiger partial charge in [0.25, 0.3) is 0 Å². The number of hydrogen-bond donors (Lipinski definition) is 1. The molecule has 0 spiro atoms. The predicted octanol–water partition coefficient (Wildman–Crippen LogP) is 3.04. The van der Waals surface area contributed by atoms with Crippen molar-refractivity contribution in [2.24, 2.45) is 7.05 Å². The first-order valence-electron chi connectivity index (χ1n) is 6.93. The van der Waals surface area contributed by atoms with E-state index in [0.717, 1.165) is 51.6 Å². The van der Waals surface area contributed by atoms with Crippen LogP contribution in [0.25, 0.3) is 11.4 Å². The number of aromatic nitrogens is 4. The van der Waals surface area contributed by atoms with Gasteiger partial charge in [0, 0.05) is 19.8 Å². The molecule has 2 rings (SSSR count). The number of rotatable bonds is 5. The Balaban J connectivity index is 2.58. The highest BCUT2D eigenvalue weighted by molar-refractivity contribution is 14.1. The molecule has 0 bridgehead atoms. The maximum Gasteiger partial charge on any atom is 0.165 e. The predicted molar refractivity (Wildman–Crippen MR) is 89.9 cm³/mol. The molecule has 0 saturated heterocycles. The molecular formula is C14H20IN5. The lowest BCUT2D eigenvalue weighted by Gasteiger charge is -2.11. The molecule has 6 heteroatoms. The number of nitrogens with one attached hydrogen (secondary N) is 1. The van der Waals surface area contributed by atoms with E-state index in [1.807, 2.05) is 17.9 Å². The molecule has 5 nitrogen and oxygen atoms in total. The van der Waals surface area contributed by atoms with Gasteiger partial charge in [-0.05, 0) is 42.4 Å². The fourth-order valence-electron chi connectivity index (χ4n) is 2.12. The Bertz CT molecular complexity index is 606. The molecule has 0 atom stereocenters. The van der Waals surface area contributed by atoms with Gasteiger partial charge in [-0.15, -0.1) is 0 Å². The third-order valence-corrected chi connectivity index (χ3v) is 4.21. The minimum absolute atomic E-state index is 0.767. The molecule has 2 heterocycles. The van der Waals surface area contributed by atoms with Crippen LogP contribution < -0.4 is 5.32 Å². The second-order valence-corrected chi connectivity index (χ2v) is 5.64. The molecule has 20 heavy (non-hydrogen) atoms. The molecule has 1 N–H and O–H groups in total. The summed E-state index contributed by atoms with van der Waals surface area (Å²) in [5.41, 5.74) is 3.15. The average molecular weight is 385 g/mol. The molecule has 0 amide bonds. The molecule has 0 aromatic carbocycles. The van der Waals surface area contributed by atoms with Crippen LogP contribution in [0.4, 0.5) is 5.82 Å². The van der Waals surface area contributed by atoms with E-state index in [1.54, 1.807) is 0 Å². The van der Waals surface area contributed by atoms with Gasteiger partial charge in [0.2, 0.25) is 0 Å². The third kappa shape index (κ3) is 2.94. The Hall–Kier alpha value is -1.18. The second kappa shape index (κ2) is 6.51. The highest BCUT2D eigenvalue weighted by atomic mass is 127. The summed E-state index contributed by atoms with van der Waals surface area (Å²) < 4.78 is 2.94. The molecule has 108 valence electrons. The van der Waals surface area contributed by atoms with Crippen molar-refractivity contribution in [2.45, 2.75) is 33.6 Å². The number of aryl methyl sites for hydroxylation is 3. The topological polar surface area (TPSA) is 55.6 Å². The van der Waals surface area contributed by atoms with Gasteiger partial charge in [-0.1, -0.05) is 13.8 Å². The molecule has 0 aliphatic heterocycles. The molecule has 0 radical (unpaired) electrons. The molecule has 2 aromatic heterocycles.